The maximum atomic E-state index is 6.20. The third-order valence-corrected chi connectivity index (χ3v) is 7.15. The lowest BCUT2D eigenvalue weighted by molar-refractivity contribution is 0.710. The van der Waals surface area contributed by atoms with Gasteiger partial charge in [0.25, 0.3) is 0 Å². The van der Waals surface area contributed by atoms with E-state index in [1.54, 1.807) is 11.3 Å². The van der Waals surface area contributed by atoms with E-state index >= 15 is 0 Å². The first kappa shape index (κ1) is 20.9. The number of para-hydroxylation sites is 2. The van der Waals surface area contributed by atoms with E-state index in [-0.39, 0.29) is 6.04 Å². The zero-order chi connectivity index (χ0) is 22.9. The van der Waals surface area contributed by atoms with Gasteiger partial charge in [0.15, 0.2) is 0 Å². The second-order valence-corrected chi connectivity index (χ2v) is 9.53. The first-order valence-corrected chi connectivity index (χ1v) is 12.4. The average molecular weight is 481 g/mol. The molecule has 0 radical (unpaired) electrons. The summed E-state index contributed by atoms with van der Waals surface area (Å²) in [6, 6.07) is 32.7. The minimum Gasteiger partial charge on any atom is -0.257 e. The monoisotopic (exact) mass is 480 g/mol. The molecule has 0 bridgehead atoms. The zero-order valence-corrected chi connectivity index (χ0v) is 19.8. The quantitative estimate of drug-likeness (QED) is 0.259. The molecule has 2 aromatic heterocycles. The Hall–Kier alpha value is -3.67. The van der Waals surface area contributed by atoms with E-state index in [1.165, 1.54) is 4.88 Å². The van der Waals surface area contributed by atoms with Crippen LogP contribution in [0.4, 0.5) is 5.69 Å². The minimum atomic E-state index is 0.0163. The van der Waals surface area contributed by atoms with Crippen molar-refractivity contribution < 1.29 is 0 Å². The zero-order valence-electron chi connectivity index (χ0n) is 18.3. The third-order valence-electron chi connectivity index (χ3n) is 5.98. The number of rotatable bonds is 5. The molecule has 0 spiro atoms. The van der Waals surface area contributed by atoms with E-state index in [4.69, 9.17) is 21.8 Å². The molecular weight excluding hydrogens is 460 g/mol. The van der Waals surface area contributed by atoms with Gasteiger partial charge in [0, 0.05) is 28.8 Å². The molecule has 1 aliphatic heterocycles. The number of halogens is 1. The van der Waals surface area contributed by atoms with Gasteiger partial charge in [-0.1, -0.05) is 66.2 Å². The molecule has 3 heterocycles. The molecule has 0 saturated carbocycles. The molecular formula is C28H21ClN4S. The van der Waals surface area contributed by atoms with Gasteiger partial charge < -0.3 is 0 Å². The van der Waals surface area contributed by atoms with Crippen molar-refractivity contribution in [3.8, 4) is 16.9 Å². The summed E-state index contributed by atoms with van der Waals surface area (Å²) in [6.45, 7) is 0. The highest BCUT2D eigenvalue weighted by atomic mass is 35.5. The summed E-state index contributed by atoms with van der Waals surface area (Å²) in [4.78, 5) is 1.20. The Balaban J connectivity index is 1.50. The predicted octanol–water partition coefficient (Wildman–Crippen LogP) is 7.61. The topological polar surface area (TPSA) is 33.4 Å². The molecule has 0 amide bonds. The summed E-state index contributed by atoms with van der Waals surface area (Å²) in [7, 11) is 0. The van der Waals surface area contributed by atoms with Gasteiger partial charge in [-0.3, -0.25) is 5.01 Å². The van der Waals surface area contributed by atoms with Crippen LogP contribution in [-0.4, -0.2) is 15.5 Å². The Morgan fingerprint density at radius 1 is 0.794 bits per heavy atom. The first-order valence-electron chi connectivity index (χ1n) is 11.1. The lowest BCUT2D eigenvalue weighted by atomic mass is 9.98. The van der Waals surface area contributed by atoms with Crippen LogP contribution in [-0.2, 0) is 0 Å². The number of hydrogen-bond donors (Lipinski definition) is 0. The van der Waals surface area contributed by atoms with Gasteiger partial charge in [0.1, 0.15) is 0 Å². The van der Waals surface area contributed by atoms with Crippen molar-refractivity contribution in [3.63, 3.8) is 0 Å². The highest BCUT2D eigenvalue weighted by Crippen LogP contribution is 2.41. The third kappa shape index (κ3) is 3.94. The Labute approximate surface area is 207 Å². The van der Waals surface area contributed by atoms with Crippen molar-refractivity contribution >= 4 is 34.3 Å². The highest BCUT2D eigenvalue weighted by molar-refractivity contribution is 7.12. The summed E-state index contributed by atoms with van der Waals surface area (Å²) in [5.41, 5.74) is 6.28. The van der Waals surface area contributed by atoms with Crippen LogP contribution in [0.1, 0.15) is 22.9 Å². The summed E-state index contributed by atoms with van der Waals surface area (Å²) < 4.78 is 1.96. The van der Waals surface area contributed by atoms with E-state index in [0.29, 0.717) is 5.02 Å². The highest BCUT2D eigenvalue weighted by Gasteiger charge is 2.33. The first-order chi connectivity index (χ1) is 16.8. The van der Waals surface area contributed by atoms with Crippen molar-refractivity contribution in [2.24, 2.45) is 5.10 Å². The Morgan fingerprint density at radius 3 is 2.18 bits per heavy atom. The predicted molar refractivity (Wildman–Crippen MR) is 141 cm³/mol. The SMILES string of the molecule is Clc1ccc(-c2nn(-c3ccccc3)cc2[C@@H]2CC(c3cccs3)=NN2c2ccccc2)cc1. The summed E-state index contributed by atoms with van der Waals surface area (Å²) in [5, 5.41) is 15.1. The lowest BCUT2D eigenvalue weighted by Crippen LogP contribution is -2.18. The molecule has 6 heteroatoms. The van der Waals surface area contributed by atoms with Crippen LogP contribution in [0.15, 0.2) is 114 Å². The normalized spacial score (nSPS) is 15.5. The van der Waals surface area contributed by atoms with E-state index in [0.717, 1.165) is 40.3 Å². The fourth-order valence-electron chi connectivity index (χ4n) is 4.34. The van der Waals surface area contributed by atoms with Crippen LogP contribution in [0, 0.1) is 0 Å². The van der Waals surface area contributed by atoms with Crippen molar-refractivity contribution in [1.29, 1.82) is 0 Å². The molecule has 0 saturated heterocycles. The van der Waals surface area contributed by atoms with E-state index in [1.807, 2.05) is 53.2 Å². The Morgan fingerprint density at radius 2 is 1.50 bits per heavy atom. The molecule has 0 aliphatic carbocycles. The second kappa shape index (κ2) is 8.93. The number of thiophene rings is 1. The number of nitrogens with zero attached hydrogens (tertiary/aromatic N) is 4. The summed E-state index contributed by atoms with van der Waals surface area (Å²) in [5.74, 6) is 0. The van der Waals surface area contributed by atoms with E-state index in [9.17, 15) is 0 Å². The molecule has 166 valence electrons. The molecule has 0 unspecified atom stereocenters. The smallest absolute Gasteiger partial charge is 0.0981 e. The van der Waals surface area contributed by atoms with Gasteiger partial charge in [-0.25, -0.2) is 4.68 Å². The van der Waals surface area contributed by atoms with Gasteiger partial charge in [0.05, 0.1) is 33.7 Å². The van der Waals surface area contributed by atoms with Crippen molar-refractivity contribution in [2.45, 2.75) is 12.5 Å². The fraction of sp³-hybridized carbons (Fsp3) is 0.0714. The summed E-state index contributed by atoms with van der Waals surface area (Å²) in [6.07, 6.45) is 2.95. The molecule has 5 aromatic rings. The van der Waals surface area contributed by atoms with Crippen molar-refractivity contribution in [2.75, 3.05) is 5.01 Å². The number of hydrazone groups is 1. The Kier molecular flexibility index (Phi) is 5.49. The van der Waals surface area contributed by atoms with E-state index < -0.39 is 0 Å². The average Bonchev–Trinajstić information content (AvgIpc) is 3.65. The number of anilines is 1. The summed E-state index contributed by atoms with van der Waals surface area (Å²) >= 11 is 7.92. The molecule has 4 nitrogen and oxygen atoms in total. The Bertz CT molecular complexity index is 1430. The fourth-order valence-corrected chi connectivity index (χ4v) is 5.19. The van der Waals surface area contributed by atoms with Crippen LogP contribution in [0.2, 0.25) is 5.02 Å². The molecule has 1 aliphatic rings. The van der Waals surface area contributed by atoms with Crippen molar-refractivity contribution in [1.82, 2.24) is 9.78 Å². The van der Waals surface area contributed by atoms with Gasteiger partial charge in [0.2, 0.25) is 0 Å². The number of benzene rings is 3. The molecule has 6 rings (SSSR count). The lowest BCUT2D eigenvalue weighted by Gasteiger charge is -2.23. The van der Waals surface area contributed by atoms with Gasteiger partial charge in [-0.15, -0.1) is 11.3 Å². The number of hydrogen-bond acceptors (Lipinski definition) is 4. The van der Waals surface area contributed by atoms with Crippen LogP contribution in [0.5, 0.6) is 0 Å². The van der Waals surface area contributed by atoms with Crippen LogP contribution in [0.25, 0.3) is 16.9 Å². The van der Waals surface area contributed by atoms with Crippen LogP contribution >= 0.6 is 22.9 Å². The molecule has 0 fully saturated rings. The van der Waals surface area contributed by atoms with Crippen LogP contribution < -0.4 is 5.01 Å². The van der Waals surface area contributed by atoms with Gasteiger partial charge >= 0.3 is 0 Å². The van der Waals surface area contributed by atoms with Crippen LogP contribution in [0.3, 0.4) is 0 Å². The van der Waals surface area contributed by atoms with Crippen molar-refractivity contribution in [3.05, 3.63) is 124 Å². The largest absolute Gasteiger partial charge is 0.257 e. The second-order valence-electron chi connectivity index (χ2n) is 8.14. The molecule has 34 heavy (non-hydrogen) atoms. The number of aromatic nitrogens is 2. The standard InChI is InChI=1S/C28H21ClN4S/c29-21-15-13-20(14-16-21)28-24(19-32(31-28)22-8-3-1-4-9-22)26-18-25(27-12-7-17-34-27)30-33(26)23-10-5-2-6-11-23/h1-17,19,26H,18H2/t26-/m0/s1. The molecule has 1 atom stereocenters. The van der Waals surface area contributed by atoms with Gasteiger partial charge in [-0.05, 0) is 47.8 Å². The maximum absolute atomic E-state index is 6.20. The van der Waals surface area contributed by atoms with E-state index in [2.05, 4.69) is 65.1 Å². The van der Waals surface area contributed by atoms with Gasteiger partial charge in [-0.2, -0.15) is 10.2 Å². The molecule has 3 aromatic carbocycles. The maximum Gasteiger partial charge on any atom is 0.0981 e. The minimum absolute atomic E-state index is 0.0163. The molecule has 0 N–H and O–H groups in total.